The van der Waals surface area contributed by atoms with Crippen molar-refractivity contribution in [3.8, 4) is 0 Å². The van der Waals surface area contributed by atoms with Crippen LogP contribution in [0.15, 0.2) is 42.5 Å². The van der Waals surface area contributed by atoms with Crippen LogP contribution in [0.25, 0.3) is 0 Å². The maximum atomic E-state index is 12.9. The average molecular weight is 279 g/mol. The number of fused-ring (bicyclic) bond motifs is 1. The summed E-state index contributed by atoms with van der Waals surface area (Å²) in [6.07, 6.45) is 0.383. The van der Waals surface area contributed by atoms with E-state index in [1.165, 1.54) is 0 Å². The summed E-state index contributed by atoms with van der Waals surface area (Å²) in [5.74, 6) is 0.0757. The van der Waals surface area contributed by atoms with E-state index < -0.39 is 0 Å². The van der Waals surface area contributed by atoms with Crippen molar-refractivity contribution in [3.63, 3.8) is 0 Å². The number of Topliss-reactive ketones (excluding diaryl/α,β-unsaturated/α-hetero) is 1. The van der Waals surface area contributed by atoms with Crippen molar-refractivity contribution in [1.29, 1.82) is 0 Å². The topological polar surface area (TPSA) is 37.4 Å². The van der Waals surface area contributed by atoms with Gasteiger partial charge in [0.25, 0.3) is 5.91 Å². The summed E-state index contributed by atoms with van der Waals surface area (Å²) >= 11 is 0. The highest BCUT2D eigenvalue weighted by molar-refractivity contribution is 6.13. The molecular formula is C18H17NO2. The van der Waals surface area contributed by atoms with Crippen LogP contribution >= 0.6 is 0 Å². The molecule has 3 heteroatoms. The lowest BCUT2D eigenvalue weighted by atomic mass is 9.98. The number of amides is 1. The van der Waals surface area contributed by atoms with E-state index in [1.54, 1.807) is 11.0 Å². The zero-order valence-electron chi connectivity index (χ0n) is 12.2. The Morgan fingerprint density at radius 3 is 2.67 bits per heavy atom. The molecule has 1 heterocycles. The molecule has 1 amide bonds. The average Bonchev–Trinajstić information content (AvgIpc) is 2.50. The summed E-state index contributed by atoms with van der Waals surface area (Å²) in [4.78, 5) is 26.6. The molecule has 0 saturated heterocycles. The van der Waals surface area contributed by atoms with Crippen molar-refractivity contribution >= 4 is 17.4 Å². The van der Waals surface area contributed by atoms with Crippen LogP contribution in [-0.4, -0.2) is 18.2 Å². The summed E-state index contributed by atoms with van der Waals surface area (Å²) in [5, 5.41) is 0. The summed E-state index contributed by atoms with van der Waals surface area (Å²) in [7, 11) is 0. The zero-order chi connectivity index (χ0) is 15.0. The van der Waals surface area contributed by atoms with Gasteiger partial charge in [0.05, 0.1) is 5.69 Å². The molecule has 3 nitrogen and oxygen atoms in total. The van der Waals surface area contributed by atoms with Crippen molar-refractivity contribution in [3.05, 3.63) is 64.7 Å². The van der Waals surface area contributed by atoms with E-state index >= 15 is 0 Å². The second-order valence-corrected chi connectivity index (χ2v) is 5.47. The number of carbonyl (C=O) groups is 2. The number of para-hydroxylation sites is 1. The van der Waals surface area contributed by atoms with Crippen LogP contribution in [0, 0.1) is 13.8 Å². The summed E-state index contributed by atoms with van der Waals surface area (Å²) in [5.41, 5.74) is 4.09. The summed E-state index contributed by atoms with van der Waals surface area (Å²) in [6, 6.07) is 13.2. The molecule has 0 aliphatic carbocycles. The third kappa shape index (κ3) is 2.35. The molecule has 0 radical (unpaired) electrons. The van der Waals surface area contributed by atoms with Crippen molar-refractivity contribution in [2.75, 3.05) is 11.4 Å². The molecule has 0 saturated carbocycles. The van der Waals surface area contributed by atoms with E-state index in [0.29, 0.717) is 24.1 Å². The Kier molecular flexibility index (Phi) is 3.34. The molecule has 0 aromatic heterocycles. The standard InChI is InChI=1S/C18H17NO2/c1-12-7-8-13(2)15(11-12)18(21)19-10-9-17(20)14-5-3-4-6-16(14)19/h3-8,11H,9-10H2,1-2H3. The van der Waals surface area contributed by atoms with Gasteiger partial charge in [-0.2, -0.15) is 0 Å². The minimum atomic E-state index is -0.0313. The SMILES string of the molecule is Cc1ccc(C)c(C(=O)N2CCC(=O)c3ccccc32)c1. The first kappa shape index (κ1) is 13.6. The zero-order valence-corrected chi connectivity index (χ0v) is 12.2. The molecule has 0 unspecified atom stereocenters. The smallest absolute Gasteiger partial charge is 0.258 e. The van der Waals surface area contributed by atoms with Gasteiger partial charge in [-0.25, -0.2) is 0 Å². The quantitative estimate of drug-likeness (QED) is 0.800. The van der Waals surface area contributed by atoms with Crippen molar-refractivity contribution in [2.24, 2.45) is 0 Å². The van der Waals surface area contributed by atoms with Crippen LogP contribution in [-0.2, 0) is 0 Å². The lowest BCUT2D eigenvalue weighted by Crippen LogP contribution is -2.37. The van der Waals surface area contributed by atoms with Gasteiger partial charge in [0.15, 0.2) is 5.78 Å². The van der Waals surface area contributed by atoms with Crippen molar-refractivity contribution in [1.82, 2.24) is 0 Å². The van der Waals surface area contributed by atoms with Crippen LogP contribution in [0.5, 0.6) is 0 Å². The van der Waals surface area contributed by atoms with Crippen molar-refractivity contribution < 1.29 is 9.59 Å². The maximum absolute atomic E-state index is 12.9. The number of hydrogen-bond donors (Lipinski definition) is 0. The molecule has 1 aliphatic rings. The first-order valence-electron chi connectivity index (χ1n) is 7.09. The van der Waals surface area contributed by atoms with Gasteiger partial charge < -0.3 is 4.90 Å². The number of hydrogen-bond acceptors (Lipinski definition) is 2. The molecular weight excluding hydrogens is 262 g/mol. The second kappa shape index (κ2) is 5.17. The van der Waals surface area contributed by atoms with E-state index in [4.69, 9.17) is 0 Å². The predicted molar refractivity (Wildman–Crippen MR) is 83.0 cm³/mol. The van der Waals surface area contributed by atoms with Gasteiger partial charge in [0.2, 0.25) is 0 Å². The fourth-order valence-electron chi connectivity index (χ4n) is 2.74. The van der Waals surface area contributed by atoms with Crippen LogP contribution in [0.1, 0.15) is 38.3 Å². The molecule has 0 atom stereocenters. The Labute approximate surface area is 124 Å². The van der Waals surface area contributed by atoms with Gasteiger partial charge >= 0.3 is 0 Å². The van der Waals surface area contributed by atoms with Gasteiger partial charge in [-0.3, -0.25) is 9.59 Å². The van der Waals surface area contributed by atoms with Gasteiger partial charge in [0, 0.05) is 24.1 Å². The molecule has 2 aromatic rings. The number of anilines is 1. The largest absolute Gasteiger partial charge is 0.307 e. The number of nitrogens with zero attached hydrogens (tertiary/aromatic N) is 1. The van der Waals surface area contributed by atoms with E-state index in [1.807, 2.05) is 50.2 Å². The molecule has 3 rings (SSSR count). The maximum Gasteiger partial charge on any atom is 0.258 e. The highest BCUT2D eigenvalue weighted by atomic mass is 16.2. The van der Waals surface area contributed by atoms with Crippen LogP contribution in [0.4, 0.5) is 5.69 Å². The monoisotopic (exact) mass is 279 g/mol. The molecule has 106 valence electrons. The molecule has 2 aromatic carbocycles. The summed E-state index contributed by atoms with van der Waals surface area (Å²) in [6.45, 7) is 4.36. The number of aryl methyl sites for hydroxylation is 2. The second-order valence-electron chi connectivity index (χ2n) is 5.47. The normalized spacial score (nSPS) is 14.0. The third-order valence-electron chi connectivity index (χ3n) is 3.93. The van der Waals surface area contributed by atoms with E-state index in [9.17, 15) is 9.59 Å². The van der Waals surface area contributed by atoms with Crippen LogP contribution < -0.4 is 4.90 Å². The van der Waals surface area contributed by atoms with E-state index in [0.717, 1.165) is 16.8 Å². The molecule has 1 aliphatic heterocycles. The lowest BCUT2D eigenvalue weighted by Gasteiger charge is -2.29. The molecule has 0 N–H and O–H groups in total. The number of rotatable bonds is 1. The predicted octanol–water partition coefficient (Wildman–Crippen LogP) is 3.54. The number of ketones is 1. The molecule has 0 fully saturated rings. The third-order valence-corrected chi connectivity index (χ3v) is 3.93. The molecule has 0 spiro atoms. The molecule has 0 bridgehead atoms. The fourth-order valence-corrected chi connectivity index (χ4v) is 2.74. The van der Waals surface area contributed by atoms with Crippen molar-refractivity contribution in [2.45, 2.75) is 20.3 Å². The van der Waals surface area contributed by atoms with Gasteiger partial charge in [-0.1, -0.05) is 29.8 Å². The number of benzene rings is 2. The first-order valence-corrected chi connectivity index (χ1v) is 7.09. The summed E-state index contributed by atoms with van der Waals surface area (Å²) < 4.78 is 0. The Bertz CT molecular complexity index is 734. The van der Waals surface area contributed by atoms with E-state index in [2.05, 4.69) is 0 Å². The first-order chi connectivity index (χ1) is 10.1. The van der Waals surface area contributed by atoms with Gasteiger partial charge in [-0.05, 0) is 37.6 Å². The van der Waals surface area contributed by atoms with Gasteiger partial charge in [0.1, 0.15) is 0 Å². The Morgan fingerprint density at radius 1 is 1.10 bits per heavy atom. The van der Waals surface area contributed by atoms with E-state index in [-0.39, 0.29) is 11.7 Å². The molecule has 21 heavy (non-hydrogen) atoms. The Hall–Kier alpha value is -2.42. The Morgan fingerprint density at radius 2 is 1.86 bits per heavy atom. The number of carbonyl (C=O) groups excluding carboxylic acids is 2. The highest BCUT2D eigenvalue weighted by Gasteiger charge is 2.28. The van der Waals surface area contributed by atoms with Gasteiger partial charge in [-0.15, -0.1) is 0 Å². The lowest BCUT2D eigenvalue weighted by molar-refractivity contribution is 0.0955. The minimum absolute atomic E-state index is 0.0313. The Balaban J connectivity index is 2.05. The van der Waals surface area contributed by atoms with Crippen LogP contribution in [0.3, 0.4) is 0 Å². The fraction of sp³-hybridized carbons (Fsp3) is 0.222. The van der Waals surface area contributed by atoms with Crippen LogP contribution in [0.2, 0.25) is 0 Å². The minimum Gasteiger partial charge on any atom is -0.307 e. The highest BCUT2D eigenvalue weighted by Crippen LogP contribution is 2.28.